The molecule has 5 heteroatoms. The van der Waals surface area contributed by atoms with Gasteiger partial charge in [-0.3, -0.25) is 0 Å². The normalized spacial score (nSPS) is 12.2. The fourth-order valence-electron chi connectivity index (χ4n) is 5.53. The second-order valence-corrected chi connectivity index (χ2v) is 11.9. The number of hydrogen-bond donors (Lipinski definition) is 2. The van der Waals surface area contributed by atoms with Gasteiger partial charge in [0.25, 0.3) is 0 Å². The van der Waals surface area contributed by atoms with Crippen LogP contribution >= 0.6 is 0 Å². The number of unbranched alkanes of at least 4 members (excludes halogenated alkanes) is 5. The minimum Gasteiger partial charge on any atom is -0.493 e. The molecule has 1 aliphatic rings. The van der Waals surface area contributed by atoms with Gasteiger partial charge in [-0.25, -0.2) is 4.70 Å². The molecular weight excluding hydrogens is 599 g/mol. The third-order valence-corrected chi connectivity index (χ3v) is 7.81. The third-order valence-electron chi connectivity index (χ3n) is 7.81. The molecule has 0 saturated heterocycles. The van der Waals surface area contributed by atoms with Crippen molar-refractivity contribution in [3.8, 4) is 0 Å². The Morgan fingerprint density at radius 3 is 1.16 bits per heavy atom. The van der Waals surface area contributed by atoms with Crippen LogP contribution in [0.5, 0.6) is 0 Å². The van der Waals surface area contributed by atoms with Crippen LogP contribution in [0.1, 0.15) is 152 Å². The third kappa shape index (κ3) is 15.4. The Kier molecular flexibility index (Phi) is 24.9. The van der Waals surface area contributed by atoms with Crippen molar-refractivity contribution < 1.29 is 31.4 Å². The first-order valence-electron chi connectivity index (χ1n) is 17.8. The van der Waals surface area contributed by atoms with Crippen molar-refractivity contribution in [2.75, 3.05) is 13.2 Å². The van der Waals surface area contributed by atoms with Crippen LogP contribution in [0.25, 0.3) is 16.9 Å². The van der Waals surface area contributed by atoms with E-state index in [0.29, 0.717) is 0 Å². The van der Waals surface area contributed by atoms with E-state index < -0.39 is 0 Å². The van der Waals surface area contributed by atoms with Crippen LogP contribution in [0.4, 0.5) is 0 Å². The van der Waals surface area contributed by atoms with Crippen LogP contribution in [0.15, 0.2) is 48.0 Å². The second kappa shape index (κ2) is 26.1. The number of nitrogens with zero attached hydrogens (tertiary/aromatic N) is 2. The first-order valence-corrected chi connectivity index (χ1v) is 17.8. The van der Waals surface area contributed by atoms with E-state index in [9.17, 15) is 5.53 Å². The molecule has 4 nitrogen and oxygen atoms in total. The Hall–Kier alpha value is -2.07. The average molecular weight is 664 g/mol. The number of aliphatic hydroxyl groups is 2. The molecule has 0 amide bonds. The van der Waals surface area contributed by atoms with Gasteiger partial charge in [0.2, 0.25) is 11.4 Å². The zero-order valence-corrected chi connectivity index (χ0v) is 30.7. The van der Waals surface area contributed by atoms with E-state index in [1.54, 1.807) is 13.8 Å². The summed E-state index contributed by atoms with van der Waals surface area (Å²) in [4.78, 5) is 0. The van der Waals surface area contributed by atoms with E-state index in [1.807, 2.05) is 0 Å². The molecule has 0 aliphatic carbocycles. The Morgan fingerprint density at radius 2 is 0.822 bits per heavy atom. The first-order chi connectivity index (χ1) is 21.4. The molecule has 45 heavy (non-hydrogen) atoms. The van der Waals surface area contributed by atoms with E-state index >= 15 is 0 Å². The van der Waals surface area contributed by atoms with Gasteiger partial charge in [0, 0.05) is 52.5 Å². The Bertz CT molecular complexity index is 1110. The fraction of sp³-hybridized carbons (Fsp3) is 0.600. The van der Waals surface area contributed by atoms with E-state index in [4.69, 9.17) is 10.2 Å². The maximum atomic E-state index is 11.8. The zero-order chi connectivity index (χ0) is 32.7. The number of aliphatic hydroxyl groups excluding tert-OH is 2. The number of allylic oxidation sites excluding steroid dienone is 2. The molecule has 0 radical (unpaired) electrons. The van der Waals surface area contributed by atoms with Gasteiger partial charge in [0.05, 0.1) is 0 Å². The molecule has 0 aromatic heterocycles. The molecule has 2 N–H and O–H groups in total. The SMILES string of the molecule is CCCCC1=C(c2cc(CCCC)cc(CCCC)c2)[N+](=[N-])C(c2cc(CCCC)cc(CCCC)c2)=C1.CCO.CCO.[Ni]. The van der Waals surface area contributed by atoms with Gasteiger partial charge < -0.3 is 15.7 Å². The molecule has 1 aliphatic heterocycles. The topological polar surface area (TPSA) is 65.8 Å². The molecule has 256 valence electrons. The summed E-state index contributed by atoms with van der Waals surface area (Å²) in [5.41, 5.74) is 23.0. The summed E-state index contributed by atoms with van der Waals surface area (Å²) >= 11 is 0. The number of aryl methyl sites for hydroxylation is 4. The molecule has 2 aromatic carbocycles. The van der Waals surface area contributed by atoms with Crippen molar-refractivity contribution in [1.82, 2.24) is 0 Å². The van der Waals surface area contributed by atoms with Crippen molar-refractivity contribution in [2.24, 2.45) is 0 Å². The van der Waals surface area contributed by atoms with Crippen molar-refractivity contribution in [1.29, 1.82) is 0 Å². The summed E-state index contributed by atoms with van der Waals surface area (Å²) in [6.07, 6.45) is 19.6. The van der Waals surface area contributed by atoms with E-state index in [2.05, 4.69) is 77.1 Å². The predicted octanol–water partition coefficient (Wildman–Crippen LogP) is 11.0. The molecule has 1 heterocycles. The van der Waals surface area contributed by atoms with Gasteiger partial charge in [-0.1, -0.05) is 78.9 Å². The van der Waals surface area contributed by atoms with Crippen LogP contribution in [-0.2, 0) is 42.2 Å². The molecule has 2 aromatic rings. The minimum atomic E-state index is 0. The molecule has 3 rings (SSSR count). The predicted molar refractivity (Wildman–Crippen MR) is 191 cm³/mol. The summed E-state index contributed by atoms with van der Waals surface area (Å²) in [5.74, 6) is 0. The fourth-order valence-corrected chi connectivity index (χ4v) is 5.53. The minimum absolute atomic E-state index is 0. The second-order valence-electron chi connectivity index (χ2n) is 11.9. The summed E-state index contributed by atoms with van der Waals surface area (Å²) < 4.78 is 1.52. The largest absolute Gasteiger partial charge is 0.493 e. The van der Waals surface area contributed by atoms with E-state index in [-0.39, 0.29) is 29.7 Å². The van der Waals surface area contributed by atoms with Gasteiger partial charge in [-0.05, 0) is 125 Å². The molecule has 0 saturated carbocycles. The van der Waals surface area contributed by atoms with Crippen molar-refractivity contribution in [2.45, 2.75) is 145 Å². The van der Waals surface area contributed by atoms with Crippen LogP contribution in [0.3, 0.4) is 0 Å². The zero-order valence-electron chi connectivity index (χ0n) is 29.7. The van der Waals surface area contributed by atoms with Gasteiger partial charge in [-0.15, -0.1) is 0 Å². The van der Waals surface area contributed by atoms with Crippen LogP contribution in [0.2, 0.25) is 0 Å². The standard InChI is InChI=1S/C36H52N2.2C2H6O.Ni/c1-6-11-16-28-21-29(17-12-7-2)24-33(23-28)35-27-32(20-15-10-5)36(38(35)37)34-25-30(18-13-8-3)22-31(26-34)19-14-9-4;2*1-2-3;/h21-27H,6-20H2,1-5H3;2*3H,2H2,1H3;. The summed E-state index contributed by atoms with van der Waals surface area (Å²) in [7, 11) is 0. The van der Waals surface area contributed by atoms with Crippen molar-refractivity contribution in [3.63, 3.8) is 0 Å². The van der Waals surface area contributed by atoms with E-state index in [1.165, 1.54) is 89.5 Å². The van der Waals surface area contributed by atoms with Crippen molar-refractivity contribution >= 4 is 11.4 Å². The van der Waals surface area contributed by atoms with Crippen LogP contribution < -0.4 is 0 Å². The smallest absolute Gasteiger partial charge is 0.210 e. The van der Waals surface area contributed by atoms with Crippen LogP contribution in [-0.4, -0.2) is 28.1 Å². The molecule has 0 fully saturated rings. The summed E-state index contributed by atoms with van der Waals surface area (Å²) in [5, 5.41) is 15.1. The Morgan fingerprint density at radius 1 is 0.511 bits per heavy atom. The van der Waals surface area contributed by atoms with Gasteiger partial charge in [0.15, 0.2) is 0 Å². The molecule has 0 bridgehead atoms. The molecule has 0 spiro atoms. The maximum Gasteiger partial charge on any atom is 0.210 e. The Labute approximate surface area is 286 Å². The molecule has 0 unspecified atom stereocenters. The van der Waals surface area contributed by atoms with Gasteiger partial charge in [0.1, 0.15) is 0 Å². The molecule has 0 atom stereocenters. The number of benzene rings is 2. The number of rotatable bonds is 17. The number of hydrogen-bond acceptors (Lipinski definition) is 2. The first kappa shape index (κ1) is 42.9. The quantitative estimate of drug-likeness (QED) is 0.131. The summed E-state index contributed by atoms with van der Waals surface area (Å²) in [6, 6.07) is 14.1. The van der Waals surface area contributed by atoms with Crippen molar-refractivity contribution in [3.05, 3.63) is 87.0 Å². The monoisotopic (exact) mass is 662 g/mol. The maximum absolute atomic E-state index is 11.8. The van der Waals surface area contributed by atoms with Gasteiger partial charge >= 0.3 is 0 Å². The average Bonchev–Trinajstić information content (AvgIpc) is 3.36. The van der Waals surface area contributed by atoms with Gasteiger partial charge in [-0.2, -0.15) is 0 Å². The van der Waals surface area contributed by atoms with Crippen LogP contribution in [0, 0.1) is 0 Å². The molecular formula is C40H64N2NiO2. The van der Waals surface area contributed by atoms with E-state index in [0.717, 1.165) is 61.9 Å². The summed E-state index contributed by atoms with van der Waals surface area (Å²) in [6.45, 7) is 15.2. The Balaban J connectivity index is 0.00000256.